The highest BCUT2D eigenvalue weighted by molar-refractivity contribution is 5.85. The lowest BCUT2D eigenvalue weighted by Crippen LogP contribution is -2.29. The molecular formula is C14H23ClN2O. The van der Waals surface area contributed by atoms with E-state index in [9.17, 15) is 0 Å². The van der Waals surface area contributed by atoms with E-state index in [1.807, 2.05) is 12.1 Å². The molecule has 2 rings (SSSR count). The number of nitrogens with one attached hydrogen (secondary N) is 1. The first kappa shape index (κ1) is 15.3. The molecule has 1 aromatic rings. The highest BCUT2D eigenvalue weighted by atomic mass is 35.5. The Kier molecular flexibility index (Phi) is 7.06. The summed E-state index contributed by atoms with van der Waals surface area (Å²) in [4.78, 5) is 4.19. The van der Waals surface area contributed by atoms with Crippen LogP contribution in [-0.4, -0.2) is 24.7 Å². The van der Waals surface area contributed by atoms with Crippen LogP contribution in [0.1, 0.15) is 31.2 Å². The van der Waals surface area contributed by atoms with Crippen molar-refractivity contribution < 1.29 is 4.74 Å². The highest BCUT2D eigenvalue weighted by Gasteiger charge is 2.12. The van der Waals surface area contributed by atoms with Crippen LogP contribution in [0.25, 0.3) is 0 Å². The molecule has 102 valence electrons. The number of hydrogen-bond donors (Lipinski definition) is 1. The Morgan fingerprint density at radius 2 is 2.39 bits per heavy atom. The maximum atomic E-state index is 5.65. The number of pyridine rings is 1. The second-order valence-corrected chi connectivity index (χ2v) is 4.87. The molecule has 0 spiro atoms. The molecule has 1 saturated heterocycles. The Balaban J connectivity index is 0.00000162. The first-order valence-corrected chi connectivity index (χ1v) is 6.61. The maximum absolute atomic E-state index is 5.65. The van der Waals surface area contributed by atoms with Crippen molar-refractivity contribution in [2.75, 3.05) is 19.7 Å². The number of ether oxygens (including phenoxy) is 1. The summed E-state index contributed by atoms with van der Waals surface area (Å²) in [5.74, 6) is 1.60. The van der Waals surface area contributed by atoms with E-state index >= 15 is 0 Å². The zero-order valence-corrected chi connectivity index (χ0v) is 11.8. The molecule has 1 unspecified atom stereocenters. The molecule has 2 heterocycles. The van der Waals surface area contributed by atoms with E-state index in [4.69, 9.17) is 4.74 Å². The Hall–Kier alpha value is -0.800. The molecule has 4 heteroatoms. The number of rotatable bonds is 5. The van der Waals surface area contributed by atoms with Crippen LogP contribution in [0.4, 0.5) is 0 Å². The Morgan fingerprint density at radius 3 is 3.11 bits per heavy atom. The third-order valence-corrected chi connectivity index (χ3v) is 3.30. The Labute approximate surface area is 116 Å². The molecular weight excluding hydrogens is 248 g/mol. The third-order valence-electron chi connectivity index (χ3n) is 3.30. The van der Waals surface area contributed by atoms with Crippen LogP contribution in [0.15, 0.2) is 18.3 Å². The SMILES string of the molecule is Cc1ccnc(OCCCC2CCCNC2)c1.Cl. The molecule has 1 aromatic heterocycles. The second-order valence-electron chi connectivity index (χ2n) is 4.87. The minimum Gasteiger partial charge on any atom is -0.478 e. The molecule has 0 aliphatic carbocycles. The molecule has 1 aliphatic rings. The number of halogens is 1. The normalized spacial score (nSPS) is 19.1. The van der Waals surface area contributed by atoms with Gasteiger partial charge >= 0.3 is 0 Å². The summed E-state index contributed by atoms with van der Waals surface area (Å²) in [6, 6.07) is 3.97. The molecule has 0 amide bonds. The zero-order chi connectivity index (χ0) is 11.9. The van der Waals surface area contributed by atoms with Crippen LogP contribution in [0.3, 0.4) is 0 Å². The molecule has 0 aromatic carbocycles. The fraction of sp³-hybridized carbons (Fsp3) is 0.643. The van der Waals surface area contributed by atoms with Gasteiger partial charge < -0.3 is 10.1 Å². The summed E-state index contributed by atoms with van der Waals surface area (Å²) >= 11 is 0. The van der Waals surface area contributed by atoms with Gasteiger partial charge in [-0.3, -0.25) is 0 Å². The van der Waals surface area contributed by atoms with Crippen LogP contribution in [-0.2, 0) is 0 Å². The number of aryl methyl sites for hydroxylation is 1. The monoisotopic (exact) mass is 270 g/mol. The molecule has 1 atom stereocenters. The van der Waals surface area contributed by atoms with Crippen LogP contribution in [0.5, 0.6) is 5.88 Å². The summed E-state index contributed by atoms with van der Waals surface area (Å²) < 4.78 is 5.65. The number of hydrogen-bond acceptors (Lipinski definition) is 3. The topological polar surface area (TPSA) is 34.1 Å². The molecule has 1 aliphatic heterocycles. The second kappa shape index (κ2) is 8.33. The molecule has 0 saturated carbocycles. The fourth-order valence-electron chi connectivity index (χ4n) is 2.31. The number of aromatic nitrogens is 1. The van der Waals surface area contributed by atoms with Gasteiger partial charge in [-0.1, -0.05) is 0 Å². The molecule has 0 bridgehead atoms. The van der Waals surface area contributed by atoms with Crippen LogP contribution < -0.4 is 10.1 Å². The van der Waals surface area contributed by atoms with Gasteiger partial charge in [0.05, 0.1) is 6.61 Å². The lowest BCUT2D eigenvalue weighted by Gasteiger charge is -2.22. The van der Waals surface area contributed by atoms with Crippen LogP contribution in [0, 0.1) is 12.8 Å². The maximum Gasteiger partial charge on any atom is 0.213 e. The first-order chi connectivity index (χ1) is 8.34. The largest absolute Gasteiger partial charge is 0.478 e. The average Bonchev–Trinajstić information content (AvgIpc) is 2.36. The minimum atomic E-state index is 0. The van der Waals surface area contributed by atoms with Crippen molar-refractivity contribution in [2.24, 2.45) is 5.92 Å². The summed E-state index contributed by atoms with van der Waals surface area (Å²) in [5.41, 5.74) is 1.20. The lowest BCUT2D eigenvalue weighted by molar-refractivity contribution is 0.268. The van der Waals surface area contributed by atoms with Gasteiger partial charge in [-0.15, -0.1) is 12.4 Å². The Morgan fingerprint density at radius 1 is 1.50 bits per heavy atom. The predicted molar refractivity (Wildman–Crippen MR) is 76.5 cm³/mol. The molecule has 1 fully saturated rings. The van der Waals surface area contributed by atoms with E-state index in [1.54, 1.807) is 6.20 Å². The van der Waals surface area contributed by atoms with E-state index in [0.717, 1.165) is 24.8 Å². The van der Waals surface area contributed by atoms with Gasteiger partial charge in [-0.05, 0) is 63.2 Å². The lowest BCUT2D eigenvalue weighted by atomic mass is 9.95. The van der Waals surface area contributed by atoms with Gasteiger partial charge in [0.1, 0.15) is 0 Å². The van der Waals surface area contributed by atoms with Crippen LogP contribution in [0.2, 0.25) is 0 Å². The molecule has 3 nitrogen and oxygen atoms in total. The van der Waals surface area contributed by atoms with Gasteiger partial charge in [0, 0.05) is 12.3 Å². The van der Waals surface area contributed by atoms with Crippen molar-refractivity contribution in [3.8, 4) is 5.88 Å². The standard InChI is InChI=1S/C14H22N2O.ClH/c1-12-6-8-16-14(10-12)17-9-3-5-13-4-2-7-15-11-13;/h6,8,10,13,15H,2-5,7,9,11H2,1H3;1H. The minimum absolute atomic E-state index is 0. The summed E-state index contributed by atoms with van der Waals surface area (Å²) in [6.45, 7) is 5.22. The number of piperidine rings is 1. The summed E-state index contributed by atoms with van der Waals surface area (Å²) in [7, 11) is 0. The van der Waals surface area contributed by atoms with E-state index in [-0.39, 0.29) is 12.4 Å². The molecule has 1 N–H and O–H groups in total. The first-order valence-electron chi connectivity index (χ1n) is 6.61. The van der Waals surface area contributed by atoms with Crippen molar-refractivity contribution in [1.29, 1.82) is 0 Å². The van der Waals surface area contributed by atoms with E-state index < -0.39 is 0 Å². The summed E-state index contributed by atoms with van der Waals surface area (Å²) in [6.07, 6.45) is 6.89. The van der Waals surface area contributed by atoms with E-state index in [1.165, 1.54) is 37.9 Å². The van der Waals surface area contributed by atoms with Gasteiger partial charge in [-0.25, -0.2) is 4.98 Å². The van der Waals surface area contributed by atoms with Crippen LogP contribution >= 0.6 is 12.4 Å². The van der Waals surface area contributed by atoms with E-state index in [0.29, 0.717) is 0 Å². The highest BCUT2D eigenvalue weighted by Crippen LogP contribution is 2.16. The summed E-state index contributed by atoms with van der Waals surface area (Å²) in [5, 5.41) is 3.45. The zero-order valence-electron chi connectivity index (χ0n) is 11.0. The van der Waals surface area contributed by atoms with Gasteiger partial charge in [-0.2, -0.15) is 0 Å². The third kappa shape index (κ3) is 5.23. The molecule has 18 heavy (non-hydrogen) atoms. The number of nitrogens with zero attached hydrogens (tertiary/aromatic N) is 1. The van der Waals surface area contributed by atoms with Crippen molar-refractivity contribution in [3.05, 3.63) is 23.9 Å². The molecule has 0 radical (unpaired) electrons. The van der Waals surface area contributed by atoms with Gasteiger partial charge in [0.2, 0.25) is 5.88 Å². The fourth-order valence-corrected chi connectivity index (χ4v) is 2.31. The van der Waals surface area contributed by atoms with Crippen molar-refractivity contribution >= 4 is 12.4 Å². The van der Waals surface area contributed by atoms with Crippen molar-refractivity contribution in [1.82, 2.24) is 10.3 Å². The smallest absolute Gasteiger partial charge is 0.213 e. The predicted octanol–water partition coefficient (Wildman–Crippen LogP) is 2.97. The van der Waals surface area contributed by atoms with Crippen molar-refractivity contribution in [3.63, 3.8) is 0 Å². The van der Waals surface area contributed by atoms with Gasteiger partial charge in [0.15, 0.2) is 0 Å². The van der Waals surface area contributed by atoms with Gasteiger partial charge in [0.25, 0.3) is 0 Å². The quantitative estimate of drug-likeness (QED) is 0.836. The van der Waals surface area contributed by atoms with E-state index in [2.05, 4.69) is 17.2 Å². The Bertz CT molecular complexity index is 340. The average molecular weight is 271 g/mol. The van der Waals surface area contributed by atoms with Crippen molar-refractivity contribution in [2.45, 2.75) is 32.6 Å².